The first-order valence-electron chi connectivity index (χ1n) is 14.7. The van der Waals surface area contributed by atoms with Gasteiger partial charge in [0.15, 0.2) is 5.82 Å². The number of rotatable bonds is 5. The van der Waals surface area contributed by atoms with Crippen LogP contribution in [0.4, 0.5) is 0 Å². The van der Waals surface area contributed by atoms with Crippen molar-refractivity contribution in [1.29, 1.82) is 0 Å². The Hall–Kier alpha value is -3.32. The number of benzene rings is 2. The molecule has 2 aliphatic heterocycles. The lowest BCUT2D eigenvalue weighted by atomic mass is 9.53. The molecule has 39 heavy (non-hydrogen) atoms. The van der Waals surface area contributed by atoms with Gasteiger partial charge in [-0.1, -0.05) is 12.1 Å². The van der Waals surface area contributed by atoms with Gasteiger partial charge in [-0.15, -0.1) is 0 Å². The molecule has 2 aromatic heterocycles. The van der Waals surface area contributed by atoms with E-state index in [4.69, 9.17) is 9.72 Å². The second kappa shape index (κ2) is 7.45. The number of amides is 1. The maximum absolute atomic E-state index is 13.9. The van der Waals surface area contributed by atoms with E-state index in [9.17, 15) is 9.90 Å². The van der Waals surface area contributed by atoms with E-state index in [2.05, 4.69) is 26.2 Å². The smallest absolute Gasteiger partial charge is 0.254 e. The zero-order valence-electron chi connectivity index (χ0n) is 22.6. The Balaban J connectivity index is 1.22. The van der Waals surface area contributed by atoms with Crippen LogP contribution >= 0.6 is 0 Å². The second-order valence-corrected chi connectivity index (χ2v) is 13.1. The summed E-state index contributed by atoms with van der Waals surface area (Å²) in [7, 11) is 1.74. The first-order chi connectivity index (χ1) is 18.9. The Morgan fingerprint density at radius 2 is 2.03 bits per heavy atom. The molecule has 5 aliphatic rings. The van der Waals surface area contributed by atoms with Crippen molar-refractivity contribution in [2.24, 2.45) is 23.7 Å². The lowest BCUT2D eigenvalue weighted by Gasteiger charge is -2.52. The number of para-hydroxylation sites is 1. The number of aryl methyl sites for hydroxylation is 1. The number of aromatic nitrogens is 3. The molecule has 0 radical (unpaired) electrons. The summed E-state index contributed by atoms with van der Waals surface area (Å²) in [6.45, 7) is 4.39. The van der Waals surface area contributed by atoms with Crippen LogP contribution in [0.5, 0.6) is 5.75 Å². The van der Waals surface area contributed by atoms with Crippen LogP contribution in [-0.2, 0) is 18.7 Å². The van der Waals surface area contributed by atoms with E-state index in [-0.39, 0.29) is 5.91 Å². The Bertz CT molecular complexity index is 1710. The van der Waals surface area contributed by atoms with Crippen LogP contribution in [0.25, 0.3) is 33.5 Å². The Labute approximate surface area is 227 Å². The minimum Gasteiger partial charge on any atom is -0.495 e. The first kappa shape index (κ1) is 22.5. The van der Waals surface area contributed by atoms with Crippen LogP contribution in [0, 0.1) is 23.7 Å². The van der Waals surface area contributed by atoms with E-state index in [1.54, 1.807) is 7.11 Å². The maximum Gasteiger partial charge on any atom is 0.254 e. The Morgan fingerprint density at radius 1 is 1.15 bits per heavy atom. The number of nitrogens with zero attached hydrogens (tertiary/aromatic N) is 4. The zero-order valence-corrected chi connectivity index (χ0v) is 22.6. The van der Waals surface area contributed by atoms with Crippen molar-refractivity contribution >= 4 is 27.8 Å². The molecule has 4 unspecified atom stereocenters. The molecular formula is C32H34N4O3. The summed E-state index contributed by atoms with van der Waals surface area (Å²) in [5.74, 6) is 4.85. The largest absolute Gasteiger partial charge is 0.495 e. The Kier molecular flexibility index (Phi) is 4.29. The maximum atomic E-state index is 13.9. The summed E-state index contributed by atoms with van der Waals surface area (Å²) in [6, 6.07) is 12.8. The van der Waals surface area contributed by atoms with Crippen molar-refractivity contribution in [3.63, 3.8) is 0 Å². The van der Waals surface area contributed by atoms with Gasteiger partial charge in [-0.3, -0.25) is 4.79 Å². The summed E-state index contributed by atoms with van der Waals surface area (Å²) in [5.41, 5.74) is 4.44. The molecule has 3 saturated carbocycles. The number of imidazole rings is 1. The average Bonchev–Trinajstić information content (AvgIpc) is 3.55. The first-order valence-corrected chi connectivity index (χ1v) is 14.7. The molecule has 3 aliphatic carbocycles. The van der Waals surface area contributed by atoms with Crippen LogP contribution in [0.3, 0.4) is 0 Å². The highest BCUT2D eigenvalue weighted by atomic mass is 16.5. The lowest BCUT2D eigenvalue weighted by molar-refractivity contribution is -0.0204. The van der Waals surface area contributed by atoms with Gasteiger partial charge in [0.25, 0.3) is 5.91 Å². The number of likely N-dealkylation sites (tertiary alicyclic amines) is 1. The van der Waals surface area contributed by atoms with Gasteiger partial charge in [-0.25, -0.2) is 4.98 Å². The van der Waals surface area contributed by atoms with Crippen LogP contribution in [-0.4, -0.2) is 49.7 Å². The number of hydrogen-bond acceptors (Lipinski definition) is 4. The molecule has 2 aromatic carbocycles. The summed E-state index contributed by atoms with van der Waals surface area (Å²) in [5, 5.41) is 12.7. The summed E-state index contributed by atoms with van der Waals surface area (Å²) in [6.07, 6.45) is 5.54. The fourth-order valence-corrected chi connectivity index (χ4v) is 8.43. The van der Waals surface area contributed by atoms with Crippen molar-refractivity contribution in [2.45, 2.75) is 63.8 Å². The van der Waals surface area contributed by atoms with Crippen molar-refractivity contribution in [3.05, 3.63) is 47.5 Å². The number of methoxy groups -OCH3 is 1. The van der Waals surface area contributed by atoms with Crippen molar-refractivity contribution in [1.82, 2.24) is 19.0 Å². The number of carbonyl (C=O) groups is 1. The fourth-order valence-electron chi connectivity index (χ4n) is 8.43. The standard InChI is InChI=1S/C32H34N4O3/c1-32(38)8-9-34-29-22(32)11-20(31(37)36-16-21-10-19-14-24(36)27(19)21)12-23(29)33-30(34)25-13-18-4-3-5-26(39-2)28(18)35(25)15-17-6-7-17/h3-5,11-13,17,19,21,24,27,38H,6-10,14-16H2,1-2H3/t19?,21?,24?,27-,32?/m1/s1. The van der Waals surface area contributed by atoms with Crippen LogP contribution in [0.2, 0.25) is 0 Å². The molecule has 9 rings (SSSR count). The molecule has 4 heterocycles. The van der Waals surface area contributed by atoms with Gasteiger partial charge < -0.3 is 23.9 Å². The topological polar surface area (TPSA) is 72.5 Å². The highest BCUT2D eigenvalue weighted by Crippen LogP contribution is 2.61. The van der Waals surface area contributed by atoms with E-state index in [1.807, 2.05) is 31.2 Å². The molecule has 0 bridgehead atoms. The van der Waals surface area contributed by atoms with Gasteiger partial charge in [0, 0.05) is 42.2 Å². The molecular weight excluding hydrogens is 488 g/mol. The Morgan fingerprint density at radius 3 is 2.79 bits per heavy atom. The second-order valence-electron chi connectivity index (χ2n) is 13.1. The molecule has 4 fully saturated rings. The quantitative estimate of drug-likeness (QED) is 0.393. The van der Waals surface area contributed by atoms with E-state index < -0.39 is 5.60 Å². The van der Waals surface area contributed by atoms with Gasteiger partial charge in [-0.05, 0) is 87.0 Å². The van der Waals surface area contributed by atoms with Crippen LogP contribution < -0.4 is 4.74 Å². The molecule has 4 aromatic rings. The SMILES string of the molecule is COc1cccc2cc(-c3nc4cc(C(=O)N5CC6CC7CC5[C@H]76)cc5c4n3CCC5(C)O)n(CC3CC3)c12. The van der Waals surface area contributed by atoms with Gasteiger partial charge in [0.1, 0.15) is 5.75 Å². The van der Waals surface area contributed by atoms with E-state index in [0.29, 0.717) is 36.4 Å². The van der Waals surface area contributed by atoms with Gasteiger partial charge in [-0.2, -0.15) is 0 Å². The predicted molar refractivity (Wildman–Crippen MR) is 149 cm³/mol. The normalized spacial score (nSPS) is 30.4. The van der Waals surface area contributed by atoms with Gasteiger partial charge in [0.2, 0.25) is 0 Å². The number of aliphatic hydroxyl groups is 1. The lowest BCUT2D eigenvalue weighted by Crippen LogP contribution is -2.53. The highest BCUT2D eigenvalue weighted by Gasteiger charge is 2.61. The molecule has 5 atom stereocenters. The van der Waals surface area contributed by atoms with E-state index >= 15 is 0 Å². The number of ether oxygens (including phenoxy) is 1. The van der Waals surface area contributed by atoms with Gasteiger partial charge >= 0.3 is 0 Å². The van der Waals surface area contributed by atoms with Crippen molar-refractivity contribution in [2.75, 3.05) is 13.7 Å². The number of fused-ring (bicyclic) bond motifs is 1. The van der Waals surface area contributed by atoms with Crippen LogP contribution in [0.15, 0.2) is 36.4 Å². The minimum absolute atomic E-state index is 0.107. The molecule has 200 valence electrons. The van der Waals surface area contributed by atoms with Crippen molar-refractivity contribution < 1.29 is 14.6 Å². The molecule has 7 heteroatoms. The third-order valence-electron chi connectivity index (χ3n) is 10.7. The predicted octanol–water partition coefficient (Wildman–Crippen LogP) is 5.17. The molecule has 1 N–H and O–H groups in total. The monoisotopic (exact) mass is 522 g/mol. The van der Waals surface area contributed by atoms with E-state index in [1.165, 1.54) is 19.3 Å². The van der Waals surface area contributed by atoms with Crippen LogP contribution in [0.1, 0.15) is 54.9 Å². The third kappa shape index (κ3) is 2.97. The molecule has 1 amide bonds. The third-order valence-corrected chi connectivity index (χ3v) is 10.7. The zero-order chi connectivity index (χ0) is 26.2. The molecule has 7 nitrogen and oxygen atoms in total. The van der Waals surface area contributed by atoms with E-state index in [0.717, 1.165) is 76.1 Å². The van der Waals surface area contributed by atoms with Gasteiger partial charge in [0.05, 0.1) is 35.0 Å². The molecule has 0 spiro atoms. The fraction of sp³-hybridized carbons (Fsp3) is 0.500. The summed E-state index contributed by atoms with van der Waals surface area (Å²) in [4.78, 5) is 21.2. The highest BCUT2D eigenvalue weighted by molar-refractivity contribution is 6.00. The van der Waals surface area contributed by atoms with Crippen molar-refractivity contribution in [3.8, 4) is 17.3 Å². The average molecular weight is 523 g/mol. The number of carbonyl (C=O) groups excluding carboxylic acids is 1. The molecule has 1 saturated heterocycles. The number of hydrogen-bond donors (Lipinski definition) is 1. The summed E-state index contributed by atoms with van der Waals surface area (Å²) < 4.78 is 10.5. The minimum atomic E-state index is -1.00. The summed E-state index contributed by atoms with van der Waals surface area (Å²) >= 11 is 0.